The summed E-state index contributed by atoms with van der Waals surface area (Å²) in [6.07, 6.45) is 7.48. The molecule has 1 amide bonds. The van der Waals surface area contributed by atoms with Crippen LogP contribution in [0, 0.1) is 5.92 Å². The van der Waals surface area contributed by atoms with Gasteiger partial charge in [-0.05, 0) is 42.5 Å². The summed E-state index contributed by atoms with van der Waals surface area (Å²) >= 11 is 12.1. The van der Waals surface area contributed by atoms with E-state index in [9.17, 15) is 19.5 Å². The van der Waals surface area contributed by atoms with Crippen molar-refractivity contribution in [2.24, 2.45) is 5.92 Å². The molecule has 4 rings (SSSR count). The van der Waals surface area contributed by atoms with Crippen molar-refractivity contribution in [1.82, 2.24) is 15.3 Å². The third-order valence-corrected chi connectivity index (χ3v) is 7.23. The number of imidazole rings is 1. The summed E-state index contributed by atoms with van der Waals surface area (Å²) in [4.78, 5) is 44.7. The van der Waals surface area contributed by atoms with Crippen LogP contribution in [0.15, 0.2) is 54.9 Å². The van der Waals surface area contributed by atoms with Crippen molar-refractivity contribution in [2.45, 2.75) is 50.6 Å². The molecule has 0 radical (unpaired) electrons. The number of rotatable bonds is 10. The van der Waals surface area contributed by atoms with Crippen molar-refractivity contribution in [1.29, 1.82) is 0 Å². The van der Waals surface area contributed by atoms with Crippen LogP contribution >= 0.6 is 23.2 Å². The van der Waals surface area contributed by atoms with E-state index in [-0.39, 0.29) is 39.8 Å². The van der Waals surface area contributed by atoms with Crippen molar-refractivity contribution in [3.63, 3.8) is 0 Å². The van der Waals surface area contributed by atoms with Gasteiger partial charge < -0.3 is 20.7 Å². The number of hydrogen-bond acceptors (Lipinski definition) is 5. The lowest BCUT2D eigenvalue weighted by molar-refractivity contribution is -0.139. The molecule has 4 N–H and O–H groups in total. The van der Waals surface area contributed by atoms with Gasteiger partial charge in [0.15, 0.2) is 5.95 Å². The molecule has 0 bridgehead atoms. The summed E-state index contributed by atoms with van der Waals surface area (Å²) < 4.78 is 0. The number of aromatic amines is 1. The number of aromatic nitrogens is 2. The second kappa shape index (κ2) is 12.3. The molecule has 0 aliphatic heterocycles. The van der Waals surface area contributed by atoms with Gasteiger partial charge in [0.1, 0.15) is 11.8 Å². The summed E-state index contributed by atoms with van der Waals surface area (Å²) in [6, 6.07) is 10.9. The fourth-order valence-electron chi connectivity index (χ4n) is 4.67. The molecule has 2 aromatic carbocycles. The summed E-state index contributed by atoms with van der Waals surface area (Å²) in [5.74, 6) is -0.919. The average Bonchev–Trinajstić information content (AvgIpc) is 3.38. The van der Waals surface area contributed by atoms with E-state index >= 15 is 0 Å². The fraction of sp³-hybridized carbons (Fsp3) is 0.333. The van der Waals surface area contributed by atoms with E-state index in [1.807, 2.05) is 12.1 Å². The number of amides is 1. The van der Waals surface area contributed by atoms with Gasteiger partial charge in [-0.25, -0.2) is 9.78 Å². The van der Waals surface area contributed by atoms with Crippen molar-refractivity contribution in [3.05, 3.63) is 81.6 Å². The van der Waals surface area contributed by atoms with Crippen LogP contribution in [0.25, 0.3) is 0 Å². The van der Waals surface area contributed by atoms with E-state index in [0.717, 1.165) is 42.8 Å². The molecular formula is C27H28Cl2N4O4. The Bertz CT molecular complexity index is 1230. The maximum absolute atomic E-state index is 13.0. The van der Waals surface area contributed by atoms with Crippen LogP contribution in [0.3, 0.4) is 0 Å². The predicted molar refractivity (Wildman–Crippen MR) is 142 cm³/mol. The zero-order valence-corrected chi connectivity index (χ0v) is 21.6. The number of carbonyl (C=O) groups is 3. The van der Waals surface area contributed by atoms with E-state index in [1.165, 1.54) is 12.1 Å². The average molecular weight is 543 g/mol. The molecule has 3 atom stereocenters. The number of aliphatic carboxylic acids is 1. The van der Waals surface area contributed by atoms with Crippen molar-refractivity contribution in [2.75, 3.05) is 5.32 Å². The number of carboxylic acids is 1. The second-order valence-electron chi connectivity index (χ2n) is 9.27. The first-order valence-electron chi connectivity index (χ1n) is 12.1. The molecule has 0 spiro atoms. The lowest BCUT2D eigenvalue weighted by Gasteiger charge is -2.28. The maximum atomic E-state index is 13.0. The second-order valence-corrected chi connectivity index (χ2v) is 10.1. The predicted octanol–water partition coefficient (Wildman–Crippen LogP) is 4.92. The number of nitrogens with zero attached hydrogens (tertiary/aromatic N) is 1. The molecule has 1 aromatic heterocycles. The van der Waals surface area contributed by atoms with Gasteiger partial charge in [0.25, 0.3) is 5.91 Å². The van der Waals surface area contributed by atoms with Crippen molar-refractivity contribution in [3.8, 4) is 0 Å². The van der Waals surface area contributed by atoms with Gasteiger partial charge in [-0.15, -0.1) is 0 Å². The Labute approximate surface area is 224 Å². The highest BCUT2D eigenvalue weighted by atomic mass is 35.5. The van der Waals surface area contributed by atoms with Crippen LogP contribution in [0.2, 0.25) is 10.0 Å². The molecule has 1 aliphatic carbocycles. The first kappa shape index (κ1) is 26.7. The molecular weight excluding hydrogens is 515 g/mol. The number of carboxylic acid groups (broad SMARTS) is 1. The molecule has 0 unspecified atom stereocenters. The fourth-order valence-corrected chi connectivity index (χ4v) is 5.24. The summed E-state index contributed by atoms with van der Waals surface area (Å²) in [5, 5.41) is 15.8. The summed E-state index contributed by atoms with van der Waals surface area (Å²) in [6.45, 7) is 0. The van der Waals surface area contributed by atoms with E-state index in [1.54, 1.807) is 30.6 Å². The Morgan fingerprint density at radius 1 is 1.05 bits per heavy atom. The summed E-state index contributed by atoms with van der Waals surface area (Å²) in [5.41, 5.74) is 1.62. The highest BCUT2D eigenvalue weighted by Crippen LogP contribution is 2.28. The third kappa shape index (κ3) is 7.11. The Morgan fingerprint density at radius 3 is 2.41 bits per heavy atom. The number of nitrogens with one attached hydrogen (secondary N) is 3. The van der Waals surface area contributed by atoms with Gasteiger partial charge >= 0.3 is 5.97 Å². The van der Waals surface area contributed by atoms with Crippen LogP contribution in [0.5, 0.6) is 0 Å². The lowest BCUT2D eigenvalue weighted by Crippen LogP contribution is -2.42. The molecule has 1 fully saturated rings. The number of halogens is 2. The molecule has 1 saturated carbocycles. The number of ketones is 1. The van der Waals surface area contributed by atoms with Crippen LogP contribution in [-0.2, 0) is 22.4 Å². The van der Waals surface area contributed by atoms with Gasteiger partial charge in [-0.1, -0.05) is 60.0 Å². The van der Waals surface area contributed by atoms with Gasteiger partial charge in [-0.2, -0.15) is 0 Å². The van der Waals surface area contributed by atoms with Gasteiger partial charge in [0, 0.05) is 37.2 Å². The number of Topliss-reactive ketones (excluding diaryl/α,β-unsaturated/α-hetero) is 1. The van der Waals surface area contributed by atoms with Crippen LogP contribution < -0.4 is 10.6 Å². The number of carbonyl (C=O) groups excluding carboxylic acids is 2. The first-order valence-corrected chi connectivity index (χ1v) is 12.9. The quantitative estimate of drug-likeness (QED) is 0.288. The molecule has 3 aromatic rings. The maximum Gasteiger partial charge on any atom is 0.326 e. The molecule has 1 heterocycles. The van der Waals surface area contributed by atoms with Crippen molar-refractivity contribution >= 4 is 46.8 Å². The largest absolute Gasteiger partial charge is 0.480 e. The minimum absolute atomic E-state index is 0.0101. The molecule has 10 heteroatoms. The summed E-state index contributed by atoms with van der Waals surface area (Å²) in [7, 11) is 0. The minimum Gasteiger partial charge on any atom is -0.480 e. The van der Waals surface area contributed by atoms with Crippen LogP contribution in [0.4, 0.5) is 5.95 Å². The number of benzene rings is 2. The van der Waals surface area contributed by atoms with Gasteiger partial charge in [0.2, 0.25) is 0 Å². The van der Waals surface area contributed by atoms with E-state index in [2.05, 4.69) is 20.6 Å². The molecule has 194 valence electrons. The van der Waals surface area contributed by atoms with E-state index in [0.29, 0.717) is 6.42 Å². The highest BCUT2D eigenvalue weighted by Gasteiger charge is 2.28. The Balaban J connectivity index is 1.33. The Hall–Kier alpha value is -3.36. The minimum atomic E-state index is -1.18. The zero-order valence-electron chi connectivity index (χ0n) is 20.0. The lowest BCUT2D eigenvalue weighted by atomic mass is 9.81. The molecule has 1 aliphatic rings. The van der Waals surface area contributed by atoms with E-state index < -0.39 is 17.9 Å². The first-order chi connectivity index (χ1) is 17.8. The Kier molecular flexibility index (Phi) is 8.84. The van der Waals surface area contributed by atoms with Crippen LogP contribution in [-0.4, -0.2) is 44.8 Å². The monoisotopic (exact) mass is 542 g/mol. The zero-order chi connectivity index (χ0) is 26.4. The molecule has 0 saturated heterocycles. The SMILES string of the molecule is O=C(N[C@@H](Cc1ccc(CC(=O)[C@@H]2CCC[C@@H](Nc3ncc[nH]3)C2)cc1)C(=O)O)c1c(Cl)cccc1Cl. The smallest absolute Gasteiger partial charge is 0.326 e. The standard InChI is InChI=1S/C27H28Cl2N4O4/c28-20-5-2-6-21(29)24(20)25(35)33-22(26(36)37)13-16-7-9-17(10-8-16)14-23(34)18-3-1-4-19(15-18)32-27-30-11-12-31-27/h2,5-12,18-19,22H,1,3-4,13-15H2,(H,33,35)(H,36,37)(H2,30,31,32)/t18-,19-,22+/m1/s1. The number of anilines is 1. The Morgan fingerprint density at radius 2 is 1.76 bits per heavy atom. The number of hydrogen-bond donors (Lipinski definition) is 4. The number of H-pyrrole nitrogens is 1. The molecule has 37 heavy (non-hydrogen) atoms. The van der Waals surface area contributed by atoms with Gasteiger partial charge in [0.05, 0.1) is 15.6 Å². The van der Waals surface area contributed by atoms with E-state index in [4.69, 9.17) is 23.2 Å². The third-order valence-electron chi connectivity index (χ3n) is 6.60. The normalized spacial score (nSPS) is 18.1. The highest BCUT2D eigenvalue weighted by molar-refractivity contribution is 6.39. The van der Waals surface area contributed by atoms with Gasteiger partial charge in [-0.3, -0.25) is 9.59 Å². The van der Waals surface area contributed by atoms with Crippen molar-refractivity contribution < 1.29 is 19.5 Å². The van der Waals surface area contributed by atoms with Crippen LogP contribution in [0.1, 0.15) is 47.2 Å². The topological polar surface area (TPSA) is 124 Å². The molecule has 8 nitrogen and oxygen atoms in total.